The second-order valence-electron chi connectivity index (χ2n) is 5.94. The Hall–Kier alpha value is -2.00. The maximum Gasteiger partial charge on any atom is 0.146 e. The van der Waals surface area contributed by atoms with Crippen LogP contribution in [0.2, 0.25) is 5.02 Å². The van der Waals surface area contributed by atoms with Crippen molar-refractivity contribution in [3.63, 3.8) is 0 Å². The van der Waals surface area contributed by atoms with Gasteiger partial charge in [0.05, 0.1) is 5.02 Å². The molecule has 0 amide bonds. The van der Waals surface area contributed by atoms with Crippen LogP contribution in [0.4, 0.5) is 0 Å². The van der Waals surface area contributed by atoms with Crippen molar-refractivity contribution in [2.24, 2.45) is 5.73 Å². The molecule has 0 aliphatic carbocycles. The van der Waals surface area contributed by atoms with Crippen LogP contribution in [-0.2, 0) is 5.41 Å². The van der Waals surface area contributed by atoms with Crippen LogP contribution in [0.5, 0.6) is 11.5 Å². The number of nitrogens with two attached hydrogens (primary N) is 1. The highest BCUT2D eigenvalue weighted by atomic mass is 35.5. The Bertz CT molecular complexity index is 675. The Morgan fingerprint density at radius 1 is 1.14 bits per heavy atom. The molecule has 3 N–H and O–H groups in total. The summed E-state index contributed by atoms with van der Waals surface area (Å²) >= 11 is 6.18. The molecule has 0 aliphatic heterocycles. The van der Waals surface area contributed by atoms with E-state index in [1.165, 1.54) is 5.56 Å². The number of nitrogens with one attached hydrogen (secondary N) is 1. The number of halogens is 1. The van der Waals surface area contributed by atoms with E-state index in [-0.39, 0.29) is 11.3 Å². The first-order valence-electron chi connectivity index (χ1n) is 6.70. The number of hydrogen-bond acceptors (Lipinski definition) is 2. The lowest BCUT2D eigenvalue weighted by molar-refractivity contribution is 0.479. The summed E-state index contributed by atoms with van der Waals surface area (Å²) in [6.07, 6.45) is 0. The third-order valence-electron chi connectivity index (χ3n) is 3.17. The first-order valence-corrected chi connectivity index (χ1v) is 7.07. The van der Waals surface area contributed by atoms with Gasteiger partial charge in [-0.1, -0.05) is 44.5 Å². The van der Waals surface area contributed by atoms with Gasteiger partial charge in [0.1, 0.15) is 17.3 Å². The van der Waals surface area contributed by atoms with Gasteiger partial charge >= 0.3 is 0 Å². The molecule has 2 rings (SSSR count). The summed E-state index contributed by atoms with van der Waals surface area (Å²) in [7, 11) is 0. The highest BCUT2D eigenvalue weighted by Gasteiger charge is 2.14. The lowest BCUT2D eigenvalue weighted by atomic mass is 9.87. The summed E-state index contributed by atoms with van der Waals surface area (Å²) in [6, 6.07) is 13.0. The lowest BCUT2D eigenvalue weighted by Gasteiger charge is -2.20. The third-order valence-corrected chi connectivity index (χ3v) is 3.47. The van der Waals surface area contributed by atoms with Crippen molar-refractivity contribution >= 4 is 17.4 Å². The molecular weight excluding hydrogens is 284 g/mol. The van der Waals surface area contributed by atoms with E-state index >= 15 is 0 Å². The van der Waals surface area contributed by atoms with Gasteiger partial charge < -0.3 is 10.5 Å². The molecule has 3 nitrogen and oxygen atoms in total. The standard InChI is InChI=1S/C17H19ClN2O/c1-17(2,3)12-5-4-6-13(10-12)21-15-8-7-11(16(19)20)9-14(15)18/h4-10H,1-3H3,(H3,19,20). The normalized spacial score (nSPS) is 11.2. The molecule has 2 aromatic rings. The van der Waals surface area contributed by atoms with Crippen LogP contribution in [0.25, 0.3) is 0 Å². The van der Waals surface area contributed by atoms with Gasteiger partial charge in [-0.2, -0.15) is 0 Å². The van der Waals surface area contributed by atoms with Gasteiger partial charge in [-0.15, -0.1) is 0 Å². The smallest absolute Gasteiger partial charge is 0.146 e. The highest BCUT2D eigenvalue weighted by Crippen LogP contribution is 2.32. The van der Waals surface area contributed by atoms with Gasteiger partial charge in [0.15, 0.2) is 0 Å². The van der Waals surface area contributed by atoms with Crippen molar-refractivity contribution < 1.29 is 4.74 Å². The molecule has 0 fully saturated rings. The first kappa shape index (κ1) is 15.4. The summed E-state index contributed by atoms with van der Waals surface area (Å²) in [6.45, 7) is 6.46. The van der Waals surface area contributed by atoms with Crippen LogP contribution < -0.4 is 10.5 Å². The maximum atomic E-state index is 7.40. The number of hydrogen-bond donors (Lipinski definition) is 2. The molecule has 0 unspecified atom stereocenters. The zero-order valence-electron chi connectivity index (χ0n) is 12.4. The van der Waals surface area contributed by atoms with E-state index in [0.29, 0.717) is 16.3 Å². The molecule has 0 heterocycles. The first-order chi connectivity index (χ1) is 9.77. The molecule has 0 aromatic heterocycles. The summed E-state index contributed by atoms with van der Waals surface area (Å²) in [5.41, 5.74) is 7.26. The van der Waals surface area contributed by atoms with E-state index in [2.05, 4.69) is 26.8 Å². The van der Waals surface area contributed by atoms with Gasteiger partial charge in [-0.25, -0.2) is 0 Å². The average Bonchev–Trinajstić information content (AvgIpc) is 2.40. The zero-order chi connectivity index (χ0) is 15.6. The fourth-order valence-corrected chi connectivity index (χ4v) is 2.12. The summed E-state index contributed by atoms with van der Waals surface area (Å²) in [5.74, 6) is 1.27. The quantitative estimate of drug-likeness (QED) is 0.637. The molecule has 2 aromatic carbocycles. The average molecular weight is 303 g/mol. The van der Waals surface area contributed by atoms with Gasteiger partial charge in [-0.05, 0) is 41.3 Å². The van der Waals surface area contributed by atoms with Gasteiger partial charge in [0.2, 0.25) is 0 Å². The minimum atomic E-state index is -0.0156. The molecule has 0 aliphatic rings. The largest absolute Gasteiger partial charge is 0.456 e. The Morgan fingerprint density at radius 3 is 2.43 bits per heavy atom. The molecule has 110 valence electrons. The number of nitrogen functional groups attached to an aromatic ring is 1. The van der Waals surface area contributed by atoms with Crippen LogP contribution in [0.1, 0.15) is 31.9 Å². The summed E-state index contributed by atoms with van der Waals surface area (Å²) < 4.78 is 5.84. The summed E-state index contributed by atoms with van der Waals surface area (Å²) in [4.78, 5) is 0. The second-order valence-corrected chi connectivity index (χ2v) is 6.35. The topological polar surface area (TPSA) is 59.1 Å². The molecule has 0 radical (unpaired) electrons. The van der Waals surface area contributed by atoms with Gasteiger partial charge in [0, 0.05) is 5.56 Å². The van der Waals surface area contributed by atoms with Crippen molar-refractivity contribution in [1.82, 2.24) is 0 Å². The number of ether oxygens (including phenoxy) is 1. The van der Waals surface area contributed by atoms with Gasteiger partial charge in [-0.3, -0.25) is 5.41 Å². The number of rotatable bonds is 3. The van der Waals surface area contributed by atoms with Crippen molar-refractivity contribution in [2.75, 3.05) is 0 Å². The Morgan fingerprint density at radius 2 is 1.86 bits per heavy atom. The van der Waals surface area contributed by atoms with Crippen molar-refractivity contribution in [1.29, 1.82) is 5.41 Å². The van der Waals surface area contributed by atoms with Crippen LogP contribution in [0, 0.1) is 5.41 Å². The monoisotopic (exact) mass is 302 g/mol. The van der Waals surface area contributed by atoms with E-state index in [4.69, 9.17) is 27.5 Å². The Balaban J connectivity index is 2.28. The van der Waals surface area contributed by atoms with Crippen molar-refractivity contribution in [2.45, 2.75) is 26.2 Å². The van der Waals surface area contributed by atoms with Crippen molar-refractivity contribution in [3.05, 3.63) is 58.6 Å². The zero-order valence-corrected chi connectivity index (χ0v) is 13.2. The van der Waals surface area contributed by atoms with E-state index in [1.54, 1.807) is 18.2 Å². The fourth-order valence-electron chi connectivity index (χ4n) is 1.90. The molecule has 0 saturated heterocycles. The molecular formula is C17H19ClN2O. The molecule has 21 heavy (non-hydrogen) atoms. The Kier molecular flexibility index (Phi) is 4.24. The maximum absolute atomic E-state index is 7.40. The molecule has 4 heteroatoms. The highest BCUT2D eigenvalue weighted by molar-refractivity contribution is 6.32. The molecule has 0 atom stereocenters. The fraction of sp³-hybridized carbons (Fsp3) is 0.235. The predicted octanol–water partition coefficient (Wildman–Crippen LogP) is 4.71. The van der Waals surface area contributed by atoms with E-state index in [1.807, 2.05) is 18.2 Å². The van der Waals surface area contributed by atoms with E-state index < -0.39 is 0 Å². The molecule has 0 spiro atoms. The number of benzene rings is 2. The van der Waals surface area contributed by atoms with E-state index in [9.17, 15) is 0 Å². The third kappa shape index (κ3) is 3.76. The lowest BCUT2D eigenvalue weighted by Crippen LogP contribution is -2.11. The van der Waals surface area contributed by atoms with Gasteiger partial charge in [0.25, 0.3) is 0 Å². The minimum absolute atomic E-state index is 0.0156. The van der Waals surface area contributed by atoms with Crippen LogP contribution in [-0.4, -0.2) is 5.84 Å². The van der Waals surface area contributed by atoms with Crippen molar-refractivity contribution in [3.8, 4) is 11.5 Å². The molecule has 0 saturated carbocycles. The number of amidine groups is 1. The van der Waals surface area contributed by atoms with E-state index in [0.717, 1.165) is 5.75 Å². The van der Waals surface area contributed by atoms with Crippen LogP contribution in [0.3, 0.4) is 0 Å². The molecule has 0 bridgehead atoms. The SMILES string of the molecule is CC(C)(C)c1cccc(Oc2ccc(C(=N)N)cc2Cl)c1. The van der Waals surface area contributed by atoms with Crippen LogP contribution in [0.15, 0.2) is 42.5 Å². The summed E-state index contributed by atoms with van der Waals surface area (Å²) in [5, 5.41) is 7.83. The predicted molar refractivity (Wildman–Crippen MR) is 87.7 cm³/mol. The Labute approximate surface area is 130 Å². The minimum Gasteiger partial charge on any atom is -0.456 e. The second kappa shape index (κ2) is 5.78. The van der Waals surface area contributed by atoms with Crippen LogP contribution >= 0.6 is 11.6 Å².